The Balaban J connectivity index is 2.23. The summed E-state index contributed by atoms with van der Waals surface area (Å²) in [5.74, 6) is 0. The summed E-state index contributed by atoms with van der Waals surface area (Å²) in [5, 5.41) is 3.58. The van der Waals surface area contributed by atoms with Crippen LogP contribution in [0.2, 0.25) is 0 Å². The number of thiocarbonyl (C=S) groups is 1. The van der Waals surface area contributed by atoms with Crippen molar-refractivity contribution >= 4 is 23.5 Å². The summed E-state index contributed by atoms with van der Waals surface area (Å²) in [6.45, 7) is 0. The van der Waals surface area contributed by atoms with Crippen molar-refractivity contribution in [1.29, 1.82) is 0 Å². The molecule has 0 aromatic carbocycles. The minimum Gasteiger partial charge on any atom is -0.349 e. The summed E-state index contributed by atoms with van der Waals surface area (Å²) in [5.41, 5.74) is 1.08. The summed E-state index contributed by atoms with van der Waals surface area (Å²) in [6, 6.07) is 3.99. The highest BCUT2D eigenvalue weighted by Crippen LogP contribution is 2.12. The zero-order chi connectivity index (χ0) is 8.39. The maximum Gasteiger partial charge on any atom is 0.193 e. The van der Waals surface area contributed by atoms with Crippen molar-refractivity contribution < 1.29 is 0 Å². The number of hydrogen-bond acceptors (Lipinski definition) is 2. The molecular weight excluding hydrogens is 170 g/mol. The molecule has 0 spiro atoms. The molecule has 2 rings (SSSR count). The molecule has 1 aromatic heterocycles. The lowest BCUT2D eigenvalue weighted by molar-refractivity contribution is 0.873. The van der Waals surface area contributed by atoms with Gasteiger partial charge in [0.25, 0.3) is 0 Å². The Morgan fingerprint density at radius 1 is 1.50 bits per heavy atom. The second-order valence-electron chi connectivity index (χ2n) is 2.49. The van der Waals surface area contributed by atoms with Gasteiger partial charge in [-0.05, 0) is 23.8 Å². The summed E-state index contributed by atoms with van der Waals surface area (Å²) in [4.78, 5) is 7.97. The number of aromatic nitrogens is 1. The first-order valence-corrected chi connectivity index (χ1v) is 4.02. The molecule has 1 aliphatic rings. The molecule has 1 aliphatic heterocycles. The maximum absolute atomic E-state index is 4.87. The van der Waals surface area contributed by atoms with Crippen LogP contribution in [-0.2, 0) is 0 Å². The number of hydrogen-bond donors (Lipinski definition) is 1. The third-order valence-electron chi connectivity index (χ3n) is 1.66. The van der Waals surface area contributed by atoms with Crippen LogP contribution in [0.15, 0.2) is 29.5 Å². The molecule has 0 radical (unpaired) electrons. The van der Waals surface area contributed by atoms with Gasteiger partial charge in [-0.1, -0.05) is 6.07 Å². The molecule has 2 heterocycles. The highest BCUT2D eigenvalue weighted by Gasteiger charge is 2.14. The molecule has 1 aromatic rings. The van der Waals surface area contributed by atoms with E-state index in [0.29, 0.717) is 5.11 Å². The van der Waals surface area contributed by atoms with Crippen LogP contribution >= 0.6 is 12.2 Å². The molecule has 1 N–H and O–H groups in total. The first kappa shape index (κ1) is 7.36. The van der Waals surface area contributed by atoms with Crippen LogP contribution in [0, 0.1) is 0 Å². The largest absolute Gasteiger partial charge is 0.349 e. The molecule has 1 atom stereocenters. The second kappa shape index (κ2) is 2.98. The average Bonchev–Trinajstić information content (AvgIpc) is 2.54. The van der Waals surface area contributed by atoms with Gasteiger partial charge in [0.05, 0.1) is 6.04 Å². The van der Waals surface area contributed by atoms with Crippen molar-refractivity contribution in [3.05, 3.63) is 30.1 Å². The molecule has 0 aliphatic carbocycles. The standard InChI is InChI=1S/C8H7N3S/c12-8-10-5-7(11-8)6-2-1-3-9-4-6/h1-5,7H,(H,11,12). The van der Waals surface area contributed by atoms with Crippen molar-refractivity contribution in [3.63, 3.8) is 0 Å². The zero-order valence-electron chi connectivity index (χ0n) is 6.27. The van der Waals surface area contributed by atoms with Crippen molar-refractivity contribution in [3.8, 4) is 0 Å². The predicted octanol–water partition coefficient (Wildman–Crippen LogP) is 1.08. The molecule has 1 unspecified atom stereocenters. The van der Waals surface area contributed by atoms with Crippen LogP contribution < -0.4 is 5.32 Å². The third-order valence-corrected chi connectivity index (χ3v) is 1.89. The fraction of sp³-hybridized carbons (Fsp3) is 0.125. The SMILES string of the molecule is S=C1N=CC(c2cccnc2)N1. The fourth-order valence-corrected chi connectivity index (χ4v) is 1.27. The smallest absolute Gasteiger partial charge is 0.193 e. The molecule has 0 saturated carbocycles. The Labute approximate surface area is 75.5 Å². The summed E-state index contributed by atoms with van der Waals surface area (Å²) >= 11 is 4.87. The van der Waals surface area contributed by atoms with Crippen LogP contribution in [0.5, 0.6) is 0 Å². The molecule has 3 nitrogen and oxygen atoms in total. The van der Waals surface area contributed by atoms with Gasteiger partial charge in [-0.25, -0.2) is 4.99 Å². The molecule has 4 heteroatoms. The van der Waals surface area contributed by atoms with E-state index in [1.165, 1.54) is 0 Å². The van der Waals surface area contributed by atoms with Gasteiger partial charge in [-0.3, -0.25) is 4.98 Å². The molecular formula is C8H7N3S. The minimum absolute atomic E-state index is 0.103. The molecule has 0 saturated heterocycles. The Bertz CT molecular complexity index is 320. The van der Waals surface area contributed by atoms with E-state index in [0.717, 1.165) is 5.56 Å². The van der Waals surface area contributed by atoms with Gasteiger partial charge in [0, 0.05) is 18.6 Å². The first-order chi connectivity index (χ1) is 5.86. The number of aliphatic imine (C=N–C) groups is 1. The van der Waals surface area contributed by atoms with Gasteiger partial charge in [-0.2, -0.15) is 0 Å². The molecule has 12 heavy (non-hydrogen) atoms. The topological polar surface area (TPSA) is 37.3 Å². The highest BCUT2D eigenvalue weighted by molar-refractivity contribution is 7.80. The maximum atomic E-state index is 4.87. The fourth-order valence-electron chi connectivity index (χ4n) is 1.08. The highest BCUT2D eigenvalue weighted by atomic mass is 32.1. The van der Waals surface area contributed by atoms with E-state index in [4.69, 9.17) is 12.2 Å². The minimum atomic E-state index is 0.103. The van der Waals surface area contributed by atoms with Crippen LogP contribution in [0.3, 0.4) is 0 Å². The third kappa shape index (κ3) is 1.33. The van der Waals surface area contributed by atoms with E-state index >= 15 is 0 Å². The molecule has 0 amide bonds. The van der Waals surface area contributed by atoms with Crippen LogP contribution in [0.1, 0.15) is 11.6 Å². The number of nitrogens with zero attached hydrogens (tertiary/aromatic N) is 2. The molecule has 60 valence electrons. The Morgan fingerprint density at radius 3 is 3.00 bits per heavy atom. The number of nitrogens with one attached hydrogen (secondary N) is 1. The molecule has 0 bridgehead atoms. The van der Waals surface area contributed by atoms with Crippen molar-refractivity contribution in [2.45, 2.75) is 6.04 Å². The summed E-state index contributed by atoms with van der Waals surface area (Å²) < 4.78 is 0. The van der Waals surface area contributed by atoms with Gasteiger partial charge < -0.3 is 5.32 Å². The lowest BCUT2D eigenvalue weighted by Gasteiger charge is -2.06. The Kier molecular flexibility index (Phi) is 1.83. The quantitative estimate of drug-likeness (QED) is 0.652. The number of pyridine rings is 1. The second-order valence-corrected chi connectivity index (χ2v) is 2.88. The van der Waals surface area contributed by atoms with Gasteiger partial charge in [-0.15, -0.1) is 0 Å². The molecule has 0 fully saturated rings. The van der Waals surface area contributed by atoms with Crippen molar-refractivity contribution in [1.82, 2.24) is 10.3 Å². The lowest BCUT2D eigenvalue weighted by Crippen LogP contribution is -2.19. The zero-order valence-corrected chi connectivity index (χ0v) is 7.08. The van der Waals surface area contributed by atoms with Crippen LogP contribution in [0.4, 0.5) is 0 Å². The first-order valence-electron chi connectivity index (χ1n) is 3.61. The van der Waals surface area contributed by atoms with E-state index in [1.807, 2.05) is 12.1 Å². The van der Waals surface area contributed by atoms with Gasteiger partial charge in [0.1, 0.15) is 0 Å². The predicted molar refractivity (Wildman–Crippen MR) is 51.2 cm³/mol. The van der Waals surface area contributed by atoms with Crippen molar-refractivity contribution in [2.24, 2.45) is 4.99 Å². The van der Waals surface area contributed by atoms with Crippen LogP contribution in [-0.4, -0.2) is 16.3 Å². The lowest BCUT2D eigenvalue weighted by atomic mass is 10.1. The summed E-state index contributed by atoms with van der Waals surface area (Å²) in [7, 11) is 0. The van der Waals surface area contributed by atoms with E-state index < -0.39 is 0 Å². The van der Waals surface area contributed by atoms with Crippen LogP contribution in [0.25, 0.3) is 0 Å². The van der Waals surface area contributed by atoms with Gasteiger partial charge >= 0.3 is 0 Å². The average molecular weight is 177 g/mol. The van der Waals surface area contributed by atoms with Crippen molar-refractivity contribution in [2.75, 3.05) is 0 Å². The monoisotopic (exact) mass is 177 g/mol. The van der Waals surface area contributed by atoms with E-state index in [1.54, 1.807) is 18.6 Å². The van der Waals surface area contributed by atoms with E-state index in [2.05, 4.69) is 15.3 Å². The van der Waals surface area contributed by atoms with Gasteiger partial charge in [0.15, 0.2) is 5.11 Å². The Morgan fingerprint density at radius 2 is 2.42 bits per heavy atom. The number of rotatable bonds is 1. The Hall–Kier alpha value is -1.29. The van der Waals surface area contributed by atoms with E-state index in [9.17, 15) is 0 Å². The van der Waals surface area contributed by atoms with Gasteiger partial charge in [0.2, 0.25) is 0 Å². The summed E-state index contributed by atoms with van der Waals surface area (Å²) in [6.07, 6.45) is 5.34. The normalized spacial score (nSPS) is 21.0. The van der Waals surface area contributed by atoms with E-state index in [-0.39, 0.29) is 6.04 Å².